The highest BCUT2D eigenvalue weighted by molar-refractivity contribution is 5.25. The fourth-order valence-corrected chi connectivity index (χ4v) is 17.9. The molecule has 0 aromatic carbocycles. The molecule has 8 aliphatic rings. The van der Waals surface area contributed by atoms with E-state index >= 15 is 0 Å². The summed E-state index contributed by atoms with van der Waals surface area (Å²) >= 11 is 0. The molecule has 0 aromatic rings. The Morgan fingerprint density at radius 3 is 1.88 bits per heavy atom. The van der Waals surface area contributed by atoms with Crippen LogP contribution >= 0.6 is 0 Å². The van der Waals surface area contributed by atoms with Gasteiger partial charge in [-0.25, -0.2) is 0 Å². The van der Waals surface area contributed by atoms with Gasteiger partial charge in [-0.05, 0) is 214 Å². The fraction of sp³-hybridized carbons (Fsp3) is 0.963. The molecule has 7 fully saturated rings. The summed E-state index contributed by atoms with van der Waals surface area (Å²) in [5, 5.41) is 20.5. The standard InChI is InChI=1S/C27H46O2.C27H48/c1-17(2)25(29)11-6-18(3)22-9-10-23-21-8-7-19-16-20(28)12-14-26(19,4)24(21)13-15-27(22,23)5;1-19(2)9-8-10-20(3)23-14-15-24-22-13-12-21-11-6-7-17-26(21,4)25(22)16-18-27(23,24)5/h7,17-18,20-25,28-29H,6,8-16H2,1-5H3;19-25H,6-18H2,1-5H3/t18?,20-,21-,22+,23-,24-,25?,26-,27+;20?,21?,22-,23+,24-,25-,26-,27+/m00/s1. The number of aliphatic hydroxyl groups excluding tert-OH is 2. The number of hydrogen-bond acceptors (Lipinski definition) is 2. The Kier molecular flexibility index (Phi) is 13.4. The van der Waals surface area contributed by atoms with E-state index in [0.717, 1.165) is 90.3 Å². The topological polar surface area (TPSA) is 40.5 Å². The van der Waals surface area contributed by atoms with Crippen molar-refractivity contribution in [1.29, 1.82) is 0 Å². The van der Waals surface area contributed by atoms with Gasteiger partial charge in [0.2, 0.25) is 0 Å². The van der Waals surface area contributed by atoms with Crippen molar-refractivity contribution in [3.8, 4) is 0 Å². The average Bonchev–Trinajstić information content (AvgIpc) is 3.70. The van der Waals surface area contributed by atoms with Crippen LogP contribution in [0.5, 0.6) is 0 Å². The molecule has 56 heavy (non-hydrogen) atoms. The van der Waals surface area contributed by atoms with Gasteiger partial charge in [0, 0.05) is 0 Å². The van der Waals surface area contributed by atoms with Gasteiger partial charge < -0.3 is 10.2 Å². The van der Waals surface area contributed by atoms with Crippen molar-refractivity contribution >= 4 is 0 Å². The molecule has 17 atom stereocenters. The van der Waals surface area contributed by atoms with Crippen LogP contribution in [0.1, 0.15) is 217 Å². The number of fused-ring (bicyclic) bond motifs is 10. The zero-order valence-electron chi connectivity index (χ0n) is 38.9. The third kappa shape index (κ3) is 7.97. The Labute approximate surface area is 348 Å². The molecule has 2 N–H and O–H groups in total. The van der Waals surface area contributed by atoms with Gasteiger partial charge in [-0.1, -0.05) is 113 Å². The van der Waals surface area contributed by atoms with Gasteiger partial charge in [0.15, 0.2) is 0 Å². The zero-order chi connectivity index (χ0) is 40.2. The minimum Gasteiger partial charge on any atom is -0.393 e. The Morgan fingerprint density at radius 2 is 1.21 bits per heavy atom. The van der Waals surface area contributed by atoms with Crippen molar-refractivity contribution in [2.45, 2.75) is 229 Å². The van der Waals surface area contributed by atoms with Crippen molar-refractivity contribution in [1.82, 2.24) is 0 Å². The zero-order valence-corrected chi connectivity index (χ0v) is 38.9. The Morgan fingerprint density at radius 1 is 0.589 bits per heavy atom. The van der Waals surface area contributed by atoms with Gasteiger partial charge in [-0.3, -0.25) is 0 Å². The van der Waals surface area contributed by atoms with E-state index in [0.29, 0.717) is 27.6 Å². The van der Waals surface area contributed by atoms with E-state index in [1.54, 1.807) is 56.9 Å². The van der Waals surface area contributed by atoms with Crippen LogP contribution in [0.4, 0.5) is 0 Å². The largest absolute Gasteiger partial charge is 0.393 e. The minimum absolute atomic E-state index is 0.0994. The first-order chi connectivity index (χ1) is 26.5. The lowest BCUT2D eigenvalue weighted by Gasteiger charge is -2.61. The van der Waals surface area contributed by atoms with Crippen LogP contribution < -0.4 is 0 Å². The molecule has 0 radical (unpaired) electrons. The van der Waals surface area contributed by atoms with Gasteiger partial charge >= 0.3 is 0 Å². The number of hydrogen-bond donors (Lipinski definition) is 2. The van der Waals surface area contributed by atoms with Crippen molar-refractivity contribution in [3.63, 3.8) is 0 Å². The highest BCUT2D eigenvalue weighted by Gasteiger charge is 2.61. The van der Waals surface area contributed by atoms with Crippen LogP contribution in [0.3, 0.4) is 0 Å². The van der Waals surface area contributed by atoms with E-state index in [-0.39, 0.29) is 12.2 Å². The lowest BCUT2D eigenvalue weighted by molar-refractivity contribution is -0.114. The first-order valence-electron chi connectivity index (χ1n) is 25.6. The Hall–Kier alpha value is -0.340. The highest BCUT2D eigenvalue weighted by atomic mass is 16.3. The predicted molar refractivity (Wildman–Crippen MR) is 238 cm³/mol. The highest BCUT2D eigenvalue weighted by Crippen LogP contribution is 2.69. The maximum Gasteiger partial charge on any atom is 0.0577 e. The molecular formula is C54H94O2. The number of allylic oxidation sites excluding steroid dienone is 1. The molecule has 2 nitrogen and oxygen atoms in total. The average molecular weight is 775 g/mol. The second kappa shape index (κ2) is 17.2. The summed E-state index contributed by atoms with van der Waals surface area (Å²) in [5.74, 6) is 11.7. The van der Waals surface area contributed by atoms with Crippen molar-refractivity contribution in [3.05, 3.63) is 11.6 Å². The third-order valence-electron chi connectivity index (χ3n) is 21.3. The van der Waals surface area contributed by atoms with Gasteiger partial charge in [-0.15, -0.1) is 0 Å². The summed E-state index contributed by atoms with van der Waals surface area (Å²) in [5.41, 5.74) is 3.83. The second-order valence-electron chi connectivity index (χ2n) is 24.7. The molecule has 0 saturated heterocycles. The van der Waals surface area contributed by atoms with Crippen LogP contribution in [0.15, 0.2) is 11.6 Å². The smallest absolute Gasteiger partial charge is 0.0577 e. The summed E-state index contributed by atoms with van der Waals surface area (Å²) in [4.78, 5) is 0. The fourth-order valence-electron chi connectivity index (χ4n) is 17.9. The molecule has 0 aliphatic heterocycles. The quantitative estimate of drug-likeness (QED) is 0.217. The maximum absolute atomic E-state index is 10.3. The number of rotatable bonds is 10. The first-order valence-corrected chi connectivity index (χ1v) is 25.6. The molecular weight excluding hydrogens is 681 g/mol. The van der Waals surface area contributed by atoms with E-state index in [1.807, 2.05) is 0 Å². The molecule has 8 aliphatic carbocycles. The summed E-state index contributed by atoms with van der Waals surface area (Å²) in [7, 11) is 0. The summed E-state index contributed by atoms with van der Waals surface area (Å²) in [6.45, 7) is 24.8. The molecule has 2 heteroatoms. The summed E-state index contributed by atoms with van der Waals surface area (Å²) in [6.07, 6.45) is 34.4. The molecule has 0 bridgehead atoms. The lowest BCUT2D eigenvalue weighted by atomic mass is 9.44. The van der Waals surface area contributed by atoms with E-state index < -0.39 is 0 Å². The van der Waals surface area contributed by atoms with E-state index in [4.69, 9.17) is 0 Å². The second-order valence-corrected chi connectivity index (χ2v) is 24.7. The molecule has 0 heterocycles. The van der Waals surface area contributed by atoms with Gasteiger partial charge in [0.25, 0.3) is 0 Å². The molecule has 8 rings (SSSR count). The van der Waals surface area contributed by atoms with Crippen LogP contribution in [-0.2, 0) is 0 Å². The number of aliphatic hydroxyl groups is 2. The Balaban J connectivity index is 0.000000172. The Bertz CT molecular complexity index is 1330. The van der Waals surface area contributed by atoms with E-state index in [2.05, 4.69) is 75.3 Å². The van der Waals surface area contributed by atoms with Crippen LogP contribution in [0.2, 0.25) is 0 Å². The van der Waals surface area contributed by atoms with Crippen LogP contribution in [-0.4, -0.2) is 22.4 Å². The molecule has 7 saturated carbocycles. The first kappa shape index (κ1) is 43.7. The monoisotopic (exact) mass is 775 g/mol. The summed E-state index contributed by atoms with van der Waals surface area (Å²) < 4.78 is 0. The third-order valence-corrected chi connectivity index (χ3v) is 21.3. The SMILES string of the molecule is CC(C)C(O)CCC(C)[C@H]1CC[C@H]2[C@@H]3CC=C4C[C@@H](O)CC[C@]4(C)[C@H]3CC[C@]12C.CC(C)CCCC(C)[C@H]1CC[C@H]2[C@@H]3CCC4CCCC[C@]4(C)[C@H]3CC[C@]12C. The van der Waals surface area contributed by atoms with Crippen LogP contribution in [0.25, 0.3) is 0 Å². The molecule has 0 spiro atoms. The lowest BCUT2D eigenvalue weighted by Crippen LogP contribution is -2.53. The van der Waals surface area contributed by atoms with Gasteiger partial charge in [-0.2, -0.15) is 0 Å². The molecule has 4 unspecified atom stereocenters. The van der Waals surface area contributed by atoms with E-state index in [9.17, 15) is 10.2 Å². The normalized spacial score (nSPS) is 47.2. The predicted octanol–water partition coefficient (Wildman–Crippen LogP) is 14.9. The van der Waals surface area contributed by atoms with Crippen LogP contribution in [0, 0.1) is 98.6 Å². The van der Waals surface area contributed by atoms with Gasteiger partial charge in [0.1, 0.15) is 0 Å². The van der Waals surface area contributed by atoms with Crippen molar-refractivity contribution in [2.75, 3.05) is 0 Å². The van der Waals surface area contributed by atoms with Crippen molar-refractivity contribution in [2.24, 2.45) is 98.6 Å². The summed E-state index contributed by atoms with van der Waals surface area (Å²) in [6, 6.07) is 0. The minimum atomic E-state index is -0.137. The maximum atomic E-state index is 10.3. The van der Waals surface area contributed by atoms with E-state index in [1.165, 1.54) is 77.0 Å². The molecule has 0 aromatic heterocycles. The van der Waals surface area contributed by atoms with Crippen molar-refractivity contribution < 1.29 is 10.2 Å². The molecule has 322 valence electrons. The molecule has 0 amide bonds. The van der Waals surface area contributed by atoms with Gasteiger partial charge in [0.05, 0.1) is 12.2 Å².